The molecule has 2 aromatic rings. The zero-order valence-corrected chi connectivity index (χ0v) is 18.7. The highest BCUT2D eigenvalue weighted by molar-refractivity contribution is 7.90. The fourth-order valence-corrected chi connectivity index (χ4v) is 5.57. The Morgan fingerprint density at radius 1 is 1.14 bits per heavy atom. The van der Waals surface area contributed by atoms with E-state index in [9.17, 15) is 18.0 Å². The van der Waals surface area contributed by atoms with Gasteiger partial charge in [0.15, 0.2) is 0 Å². The second-order valence-corrected chi connectivity index (χ2v) is 10.4. The van der Waals surface area contributed by atoms with Gasteiger partial charge in [-0.05, 0) is 36.2 Å². The van der Waals surface area contributed by atoms with E-state index in [0.717, 1.165) is 17.4 Å². The topological polar surface area (TPSA) is 92.3 Å². The molecule has 2 atom stereocenters. The average Bonchev–Trinajstić information content (AvgIpc) is 2.98. The van der Waals surface area contributed by atoms with Gasteiger partial charge in [-0.25, -0.2) is 13.1 Å². The molecule has 11 heteroatoms. The maximum atomic E-state index is 12.7. The number of carbonyl (C=O) groups excluding carboxylic acids is 2. The molecule has 0 radical (unpaired) electrons. The van der Waals surface area contributed by atoms with Crippen LogP contribution in [0.5, 0.6) is 0 Å². The zero-order chi connectivity index (χ0) is 21.1. The number of thiophene rings is 1. The Balaban J connectivity index is 2.22. The molecule has 0 spiro atoms. The van der Waals surface area contributed by atoms with E-state index >= 15 is 0 Å². The van der Waals surface area contributed by atoms with Crippen LogP contribution in [0.2, 0.25) is 13.7 Å². The van der Waals surface area contributed by atoms with Crippen LogP contribution in [0.1, 0.15) is 30.6 Å². The summed E-state index contributed by atoms with van der Waals surface area (Å²) in [6.07, 6.45) is 0.532. The SMILES string of the molecule is CCC(C)C(NC(=O)c1ccc(Cl)cc1)C(=O)NS(=O)(=O)c1cc(Cl)sc1Cl. The minimum absolute atomic E-state index is 0.0596. The lowest BCUT2D eigenvalue weighted by Gasteiger charge is -2.23. The molecule has 2 amide bonds. The highest BCUT2D eigenvalue weighted by atomic mass is 35.5. The molecule has 152 valence electrons. The second kappa shape index (κ2) is 9.45. The van der Waals surface area contributed by atoms with Crippen LogP contribution in [-0.4, -0.2) is 26.3 Å². The first-order valence-electron chi connectivity index (χ1n) is 8.13. The highest BCUT2D eigenvalue weighted by Crippen LogP contribution is 2.34. The molecular weight excluding hydrogens is 467 g/mol. The first-order chi connectivity index (χ1) is 13.0. The minimum Gasteiger partial charge on any atom is -0.340 e. The summed E-state index contributed by atoms with van der Waals surface area (Å²) in [5.41, 5.74) is 0.293. The van der Waals surface area contributed by atoms with Crippen LogP contribution in [0.3, 0.4) is 0 Å². The Morgan fingerprint density at radius 3 is 2.25 bits per heavy atom. The molecule has 28 heavy (non-hydrogen) atoms. The Labute approximate surface area is 182 Å². The second-order valence-electron chi connectivity index (χ2n) is 6.00. The Bertz CT molecular complexity index is 975. The van der Waals surface area contributed by atoms with E-state index in [-0.39, 0.29) is 19.5 Å². The summed E-state index contributed by atoms with van der Waals surface area (Å²) in [6, 6.07) is 6.19. The van der Waals surface area contributed by atoms with E-state index in [0.29, 0.717) is 17.0 Å². The van der Waals surface area contributed by atoms with Crippen LogP contribution in [0, 0.1) is 5.92 Å². The Hall–Kier alpha value is -1.32. The van der Waals surface area contributed by atoms with Crippen LogP contribution < -0.4 is 10.0 Å². The van der Waals surface area contributed by atoms with Crippen molar-refractivity contribution < 1.29 is 18.0 Å². The normalized spacial score (nSPS) is 13.6. The maximum Gasteiger partial charge on any atom is 0.266 e. The molecule has 2 unspecified atom stereocenters. The van der Waals surface area contributed by atoms with Gasteiger partial charge >= 0.3 is 0 Å². The summed E-state index contributed by atoms with van der Waals surface area (Å²) in [7, 11) is -4.24. The number of rotatable bonds is 7. The predicted molar refractivity (Wildman–Crippen MR) is 112 cm³/mol. The van der Waals surface area contributed by atoms with Crippen molar-refractivity contribution in [3.63, 3.8) is 0 Å². The molecule has 0 saturated heterocycles. The minimum atomic E-state index is -4.24. The lowest BCUT2D eigenvalue weighted by atomic mass is 9.98. The van der Waals surface area contributed by atoms with Crippen molar-refractivity contribution in [2.45, 2.75) is 31.2 Å². The third kappa shape index (κ3) is 5.61. The first kappa shape index (κ1) is 23.0. The molecular formula is C17H17Cl3N2O4S2. The quantitative estimate of drug-likeness (QED) is 0.612. The lowest BCUT2D eigenvalue weighted by Crippen LogP contribution is -2.51. The number of hydrogen-bond acceptors (Lipinski definition) is 5. The van der Waals surface area contributed by atoms with E-state index in [1.165, 1.54) is 12.1 Å². The number of nitrogens with one attached hydrogen (secondary N) is 2. The van der Waals surface area contributed by atoms with Crippen LogP contribution in [0.25, 0.3) is 0 Å². The predicted octanol–water partition coefficient (Wildman–Crippen LogP) is 4.36. The van der Waals surface area contributed by atoms with Gasteiger partial charge in [-0.1, -0.05) is 55.1 Å². The maximum absolute atomic E-state index is 12.7. The molecule has 6 nitrogen and oxygen atoms in total. The van der Waals surface area contributed by atoms with Crippen LogP contribution in [0.15, 0.2) is 35.2 Å². The fraction of sp³-hybridized carbons (Fsp3) is 0.294. The third-order valence-corrected chi connectivity index (χ3v) is 7.39. The van der Waals surface area contributed by atoms with E-state index in [1.807, 2.05) is 11.6 Å². The van der Waals surface area contributed by atoms with Crippen molar-refractivity contribution >= 4 is 68.0 Å². The van der Waals surface area contributed by atoms with Crippen molar-refractivity contribution in [2.75, 3.05) is 0 Å². The molecule has 2 rings (SSSR count). The fourth-order valence-electron chi connectivity index (χ4n) is 2.29. The van der Waals surface area contributed by atoms with Gasteiger partial charge in [-0.2, -0.15) is 0 Å². The van der Waals surface area contributed by atoms with Crippen molar-refractivity contribution in [3.8, 4) is 0 Å². The van der Waals surface area contributed by atoms with Crippen molar-refractivity contribution in [2.24, 2.45) is 5.92 Å². The number of carbonyl (C=O) groups is 2. The van der Waals surface area contributed by atoms with Crippen LogP contribution >= 0.6 is 46.1 Å². The number of hydrogen-bond donors (Lipinski definition) is 2. The lowest BCUT2D eigenvalue weighted by molar-refractivity contribution is -0.122. The molecule has 1 aromatic heterocycles. The van der Waals surface area contributed by atoms with Gasteiger partial charge in [0.25, 0.3) is 21.8 Å². The Morgan fingerprint density at radius 2 is 1.75 bits per heavy atom. The molecule has 0 aliphatic carbocycles. The van der Waals surface area contributed by atoms with Gasteiger partial charge in [-0.3, -0.25) is 9.59 Å². The molecule has 2 N–H and O–H groups in total. The number of amides is 2. The van der Waals surface area contributed by atoms with E-state index in [4.69, 9.17) is 34.8 Å². The van der Waals surface area contributed by atoms with Gasteiger partial charge in [0.2, 0.25) is 0 Å². The van der Waals surface area contributed by atoms with Gasteiger partial charge in [0, 0.05) is 10.6 Å². The van der Waals surface area contributed by atoms with Gasteiger partial charge in [-0.15, -0.1) is 11.3 Å². The standard InChI is InChI=1S/C17H17Cl3N2O4S2/c1-3-9(2)14(21-16(23)10-4-6-11(18)7-5-10)17(24)22-28(25,26)12-8-13(19)27-15(12)20/h4-9,14H,3H2,1-2H3,(H,21,23)(H,22,24). The average molecular weight is 484 g/mol. The zero-order valence-electron chi connectivity index (χ0n) is 14.8. The van der Waals surface area contributed by atoms with E-state index in [1.54, 1.807) is 19.1 Å². The van der Waals surface area contributed by atoms with E-state index in [2.05, 4.69) is 5.32 Å². The summed E-state index contributed by atoms with van der Waals surface area (Å²) in [4.78, 5) is 24.8. The number of halogens is 3. The molecule has 0 bridgehead atoms. The summed E-state index contributed by atoms with van der Waals surface area (Å²) in [5.74, 6) is -1.71. The van der Waals surface area contributed by atoms with Gasteiger partial charge in [0.1, 0.15) is 15.3 Å². The summed E-state index contributed by atoms with van der Waals surface area (Å²) < 4.78 is 27.1. The monoisotopic (exact) mass is 482 g/mol. The van der Waals surface area contributed by atoms with Crippen molar-refractivity contribution in [1.82, 2.24) is 10.0 Å². The summed E-state index contributed by atoms with van der Waals surface area (Å²) in [5, 5.41) is 3.05. The summed E-state index contributed by atoms with van der Waals surface area (Å²) in [6.45, 7) is 3.55. The van der Waals surface area contributed by atoms with Crippen LogP contribution in [-0.2, 0) is 14.8 Å². The summed E-state index contributed by atoms with van der Waals surface area (Å²) >= 11 is 18.3. The van der Waals surface area contributed by atoms with Crippen molar-refractivity contribution in [3.05, 3.63) is 49.6 Å². The molecule has 1 aromatic carbocycles. The first-order valence-corrected chi connectivity index (χ1v) is 11.6. The van der Waals surface area contributed by atoms with E-state index < -0.39 is 27.9 Å². The number of sulfonamides is 1. The molecule has 0 aliphatic rings. The van der Waals surface area contributed by atoms with Crippen LogP contribution in [0.4, 0.5) is 0 Å². The van der Waals surface area contributed by atoms with Gasteiger partial charge in [0.05, 0.1) is 4.34 Å². The smallest absolute Gasteiger partial charge is 0.266 e. The largest absolute Gasteiger partial charge is 0.340 e. The van der Waals surface area contributed by atoms with Gasteiger partial charge < -0.3 is 5.32 Å². The Kier molecular flexibility index (Phi) is 7.75. The molecule has 1 heterocycles. The van der Waals surface area contributed by atoms with Crippen molar-refractivity contribution in [1.29, 1.82) is 0 Å². The molecule has 0 saturated carbocycles. The third-order valence-electron chi connectivity index (χ3n) is 4.04. The highest BCUT2D eigenvalue weighted by Gasteiger charge is 2.31. The molecule has 0 fully saturated rings. The number of benzene rings is 1. The molecule has 0 aliphatic heterocycles.